The molecule has 0 spiro atoms. The van der Waals surface area contributed by atoms with Crippen LogP contribution in [0.5, 0.6) is 0 Å². The second-order valence-electron chi connectivity index (χ2n) is 3.64. The van der Waals surface area contributed by atoms with Gasteiger partial charge < -0.3 is 0 Å². The van der Waals surface area contributed by atoms with E-state index in [0.717, 1.165) is 21.9 Å². The molecule has 0 fully saturated rings. The van der Waals surface area contributed by atoms with Crippen LogP contribution in [0.2, 0.25) is 5.28 Å². The highest BCUT2D eigenvalue weighted by atomic mass is 35.5. The van der Waals surface area contributed by atoms with Gasteiger partial charge in [-0.05, 0) is 28.6 Å². The first-order valence-corrected chi connectivity index (χ1v) is 5.53. The number of benzene rings is 1. The summed E-state index contributed by atoms with van der Waals surface area (Å²) < 4.78 is 0. The van der Waals surface area contributed by atoms with Crippen molar-refractivity contribution < 1.29 is 0 Å². The van der Waals surface area contributed by atoms with Gasteiger partial charge in [0.2, 0.25) is 5.28 Å². The van der Waals surface area contributed by atoms with Crippen LogP contribution in [0.25, 0.3) is 21.9 Å². The summed E-state index contributed by atoms with van der Waals surface area (Å²) in [6.45, 7) is 0. The Morgan fingerprint density at radius 2 is 1.76 bits per heavy atom. The molecule has 0 unspecified atom stereocenters. The molecule has 0 atom stereocenters. The normalized spacial score (nSPS) is 10.6. The van der Waals surface area contributed by atoms with Crippen LogP contribution in [0.4, 0.5) is 0 Å². The van der Waals surface area contributed by atoms with E-state index in [4.69, 9.17) is 11.6 Å². The summed E-state index contributed by atoms with van der Waals surface area (Å²) in [5.74, 6) is 0. The van der Waals surface area contributed by atoms with Crippen LogP contribution in [-0.4, -0.2) is 15.0 Å². The highest BCUT2D eigenvalue weighted by Gasteiger charge is 2.04. The molecule has 3 aromatic rings. The van der Waals surface area contributed by atoms with E-state index in [9.17, 15) is 0 Å². The zero-order chi connectivity index (χ0) is 11.7. The van der Waals surface area contributed by atoms with E-state index >= 15 is 0 Å². The predicted octanol–water partition coefficient (Wildman–Crippen LogP) is 3.35. The molecule has 17 heavy (non-hydrogen) atoms. The fourth-order valence-corrected chi connectivity index (χ4v) is 1.92. The van der Waals surface area contributed by atoms with Crippen molar-refractivity contribution in [2.75, 3.05) is 0 Å². The van der Waals surface area contributed by atoms with Crippen LogP contribution in [-0.2, 0) is 0 Å². The van der Waals surface area contributed by atoms with Crippen molar-refractivity contribution in [1.29, 1.82) is 0 Å². The second kappa shape index (κ2) is 4.11. The van der Waals surface area contributed by atoms with Gasteiger partial charge in [-0.1, -0.05) is 18.2 Å². The van der Waals surface area contributed by atoms with Gasteiger partial charge in [-0.25, -0.2) is 9.97 Å². The molecule has 0 aliphatic rings. The van der Waals surface area contributed by atoms with Crippen molar-refractivity contribution in [2.45, 2.75) is 0 Å². The van der Waals surface area contributed by atoms with E-state index in [1.807, 2.05) is 30.5 Å². The minimum absolute atomic E-state index is 0.260. The van der Waals surface area contributed by atoms with Gasteiger partial charge in [-0.3, -0.25) is 4.98 Å². The molecule has 0 radical (unpaired) electrons. The van der Waals surface area contributed by atoms with Crippen molar-refractivity contribution in [3.63, 3.8) is 0 Å². The van der Waals surface area contributed by atoms with Crippen molar-refractivity contribution in [3.8, 4) is 11.1 Å². The summed E-state index contributed by atoms with van der Waals surface area (Å²) in [7, 11) is 0. The molecular weight excluding hydrogens is 234 g/mol. The summed E-state index contributed by atoms with van der Waals surface area (Å²) >= 11 is 5.69. The molecule has 0 saturated heterocycles. The maximum absolute atomic E-state index is 5.69. The maximum Gasteiger partial charge on any atom is 0.222 e. The zero-order valence-corrected chi connectivity index (χ0v) is 9.59. The number of nitrogens with zero attached hydrogens (tertiary/aromatic N) is 3. The SMILES string of the molecule is Clc1ncc(-c2cccc3cnccc23)cn1. The summed E-state index contributed by atoms with van der Waals surface area (Å²) in [4.78, 5) is 12.1. The number of rotatable bonds is 1. The number of fused-ring (bicyclic) bond motifs is 1. The van der Waals surface area contributed by atoms with E-state index in [2.05, 4.69) is 15.0 Å². The minimum Gasteiger partial charge on any atom is -0.264 e. The number of aromatic nitrogens is 3. The molecule has 0 saturated carbocycles. The lowest BCUT2D eigenvalue weighted by atomic mass is 10.0. The average Bonchev–Trinajstić information content (AvgIpc) is 2.39. The average molecular weight is 242 g/mol. The second-order valence-corrected chi connectivity index (χ2v) is 3.98. The quantitative estimate of drug-likeness (QED) is 0.614. The van der Waals surface area contributed by atoms with Gasteiger partial charge in [0.1, 0.15) is 0 Å². The Bertz CT molecular complexity index is 660. The van der Waals surface area contributed by atoms with Gasteiger partial charge in [-0.2, -0.15) is 0 Å². The van der Waals surface area contributed by atoms with Crippen LogP contribution in [0.15, 0.2) is 49.1 Å². The Kier molecular flexibility index (Phi) is 2.46. The predicted molar refractivity (Wildman–Crippen MR) is 67.8 cm³/mol. The topological polar surface area (TPSA) is 38.7 Å². The lowest BCUT2D eigenvalue weighted by molar-refractivity contribution is 1.17. The maximum atomic E-state index is 5.69. The molecule has 3 rings (SSSR count). The van der Waals surface area contributed by atoms with Crippen LogP contribution < -0.4 is 0 Å². The van der Waals surface area contributed by atoms with Crippen molar-refractivity contribution in [3.05, 3.63) is 54.3 Å². The fraction of sp³-hybridized carbons (Fsp3) is 0. The van der Waals surface area contributed by atoms with E-state index in [1.165, 1.54) is 0 Å². The minimum atomic E-state index is 0.260. The molecule has 3 nitrogen and oxygen atoms in total. The van der Waals surface area contributed by atoms with E-state index in [1.54, 1.807) is 18.6 Å². The highest BCUT2D eigenvalue weighted by molar-refractivity contribution is 6.28. The standard InChI is InChI=1S/C13H8ClN3/c14-13-16-7-10(8-17-13)11-3-1-2-9-6-15-5-4-12(9)11/h1-8H. The van der Waals surface area contributed by atoms with Gasteiger partial charge in [0.25, 0.3) is 0 Å². The molecule has 0 aliphatic carbocycles. The van der Waals surface area contributed by atoms with Gasteiger partial charge in [0.05, 0.1) is 0 Å². The summed E-state index contributed by atoms with van der Waals surface area (Å²) in [6.07, 6.45) is 7.08. The molecule has 0 N–H and O–H groups in total. The van der Waals surface area contributed by atoms with Crippen molar-refractivity contribution in [1.82, 2.24) is 15.0 Å². The Labute approximate surface area is 103 Å². The highest BCUT2D eigenvalue weighted by Crippen LogP contribution is 2.27. The zero-order valence-electron chi connectivity index (χ0n) is 8.84. The molecule has 2 aromatic heterocycles. The molecule has 4 heteroatoms. The van der Waals surface area contributed by atoms with Crippen molar-refractivity contribution in [2.24, 2.45) is 0 Å². The number of halogens is 1. The molecule has 0 aliphatic heterocycles. The Morgan fingerprint density at radius 3 is 2.59 bits per heavy atom. The van der Waals surface area contributed by atoms with Gasteiger partial charge in [0, 0.05) is 35.7 Å². The third-order valence-corrected chi connectivity index (χ3v) is 2.81. The van der Waals surface area contributed by atoms with E-state index < -0.39 is 0 Å². The van der Waals surface area contributed by atoms with Crippen LogP contribution >= 0.6 is 11.6 Å². The van der Waals surface area contributed by atoms with Gasteiger partial charge in [-0.15, -0.1) is 0 Å². The largest absolute Gasteiger partial charge is 0.264 e. The smallest absolute Gasteiger partial charge is 0.222 e. The number of pyridine rings is 1. The van der Waals surface area contributed by atoms with E-state index in [0.29, 0.717) is 0 Å². The van der Waals surface area contributed by atoms with Crippen molar-refractivity contribution >= 4 is 22.4 Å². The van der Waals surface area contributed by atoms with Crippen LogP contribution in [0, 0.1) is 0 Å². The molecule has 1 aromatic carbocycles. The Hall–Kier alpha value is -2.00. The summed E-state index contributed by atoms with van der Waals surface area (Å²) in [5, 5.41) is 2.49. The number of hydrogen-bond donors (Lipinski definition) is 0. The Balaban J connectivity index is 2.27. The third-order valence-electron chi connectivity index (χ3n) is 2.61. The fourth-order valence-electron chi connectivity index (χ4n) is 1.83. The molecule has 82 valence electrons. The lowest BCUT2D eigenvalue weighted by Crippen LogP contribution is -1.86. The first kappa shape index (κ1) is 10.2. The van der Waals surface area contributed by atoms with Crippen LogP contribution in [0.3, 0.4) is 0 Å². The van der Waals surface area contributed by atoms with E-state index in [-0.39, 0.29) is 5.28 Å². The van der Waals surface area contributed by atoms with Crippen LogP contribution in [0.1, 0.15) is 0 Å². The Morgan fingerprint density at radius 1 is 0.941 bits per heavy atom. The lowest BCUT2D eigenvalue weighted by Gasteiger charge is -2.05. The molecule has 0 amide bonds. The van der Waals surface area contributed by atoms with Gasteiger partial charge >= 0.3 is 0 Å². The first-order valence-electron chi connectivity index (χ1n) is 5.15. The molecular formula is C13H8ClN3. The number of hydrogen-bond acceptors (Lipinski definition) is 3. The monoisotopic (exact) mass is 241 g/mol. The summed E-state index contributed by atoms with van der Waals surface area (Å²) in [5.41, 5.74) is 2.03. The third kappa shape index (κ3) is 1.85. The van der Waals surface area contributed by atoms with Gasteiger partial charge in [0.15, 0.2) is 0 Å². The first-order chi connectivity index (χ1) is 8.34. The summed E-state index contributed by atoms with van der Waals surface area (Å²) in [6, 6.07) is 8.05. The molecule has 2 heterocycles. The molecule has 0 bridgehead atoms.